The van der Waals surface area contributed by atoms with Crippen LogP contribution < -0.4 is 5.32 Å². The first kappa shape index (κ1) is 16.0. The Kier molecular flexibility index (Phi) is 5.41. The predicted octanol–water partition coefficient (Wildman–Crippen LogP) is 4.73. The Labute approximate surface area is 143 Å². The van der Waals surface area contributed by atoms with Gasteiger partial charge in [0.2, 0.25) is 5.91 Å². The Bertz CT molecular complexity index is 712. The van der Waals surface area contributed by atoms with Gasteiger partial charge in [-0.25, -0.2) is 0 Å². The molecule has 24 heavy (non-hydrogen) atoms. The fourth-order valence-corrected chi connectivity index (χ4v) is 2.82. The largest absolute Gasteiger partial charge is 0.326 e. The van der Waals surface area contributed by atoms with Crippen molar-refractivity contribution >= 4 is 11.6 Å². The molecule has 1 amide bonds. The number of amides is 1. The van der Waals surface area contributed by atoms with Gasteiger partial charge in [-0.05, 0) is 36.1 Å². The summed E-state index contributed by atoms with van der Waals surface area (Å²) in [5, 5.41) is 3.04. The van der Waals surface area contributed by atoms with E-state index in [9.17, 15) is 4.79 Å². The monoisotopic (exact) mass is 315 g/mol. The third kappa shape index (κ3) is 4.56. The first-order valence-corrected chi connectivity index (χ1v) is 8.25. The molecule has 3 aromatic rings. The number of carbonyl (C=O) groups excluding carboxylic acids is 1. The molecule has 120 valence electrons. The maximum Gasteiger partial charge on any atom is 0.228 e. The fraction of sp³-hybridized carbons (Fsp3) is 0.136. The summed E-state index contributed by atoms with van der Waals surface area (Å²) in [7, 11) is 0. The van der Waals surface area contributed by atoms with Crippen molar-refractivity contribution in [2.24, 2.45) is 5.92 Å². The Balaban J connectivity index is 1.76. The number of hydrogen-bond acceptors (Lipinski definition) is 1. The molecule has 0 heterocycles. The topological polar surface area (TPSA) is 29.1 Å². The molecular formula is C22H21NO. The summed E-state index contributed by atoms with van der Waals surface area (Å²) in [5.41, 5.74) is 3.21. The van der Waals surface area contributed by atoms with Gasteiger partial charge in [0, 0.05) is 11.6 Å². The van der Waals surface area contributed by atoms with Crippen LogP contribution in [0.5, 0.6) is 0 Å². The van der Waals surface area contributed by atoms with Crippen molar-refractivity contribution in [3.8, 4) is 0 Å². The van der Waals surface area contributed by atoms with Gasteiger partial charge in [0.15, 0.2) is 0 Å². The normalized spacial score (nSPS) is 10.5. The molecule has 0 aliphatic carbocycles. The van der Waals surface area contributed by atoms with Gasteiger partial charge in [-0.1, -0.05) is 78.9 Å². The highest BCUT2D eigenvalue weighted by atomic mass is 16.1. The van der Waals surface area contributed by atoms with Crippen LogP contribution in [0, 0.1) is 5.92 Å². The van der Waals surface area contributed by atoms with E-state index in [0.717, 1.165) is 18.5 Å². The van der Waals surface area contributed by atoms with Crippen molar-refractivity contribution in [2.75, 3.05) is 5.32 Å². The Morgan fingerprint density at radius 3 is 1.54 bits per heavy atom. The highest BCUT2D eigenvalue weighted by Crippen LogP contribution is 2.17. The molecule has 0 aliphatic rings. The van der Waals surface area contributed by atoms with Crippen molar-refractivity contribution in [2.45, 2.75) is 12.8 Å². The smallest absolute Gasteiger partial charge is 0.228 e. The summed E-state index contributed by atoms with van der Waals surface area (Å²) in [6, 6.07) is 30.0. The summed E-state index contributed by atoms with van der Waals surface area (Å²) in [5.74, 6) is -0.0380. The molecule has 3 aromatic carbocycles. The van der Waals surface area contributed by atoms with Crippen LogP contribution in [0.15, 0.2) is 91.0 Å². The molecule has 0 atom stereocenters. The van der Waals surface area contributed by atoms with E-state index in [1.165, 1.54) is 11.1 Å². The van der Waals surface area contributed by atoms with E-state index in [-0.39, 0.29) is 11.8 Å². The minimum atomic E-state index is -0.102. The second-order valence-corrected chi connectivity index (χ2v) is 5.93. The first-order valence-electron chi connectivity index (χ1n) is 8.25. The minimum Gasteiger partial charge on any atom is -0.326 e. The van der Waals surface area contributed by atoms with Crippen molar-refractivity contribution in [3.63, 3.8) is 0 Å². The van der Waals surface area contributed by atoms with Crippen LogP contribution in [0.2, 0.25) is 0 Å². The number of rotatable bonds is 6. The highest BCUT2D eigenvalue weighted by Gasteiger charge is 2.19. The molecule has 0 fully saturated rings. The standard InChI is InChI=1S/C22H21NO/c24-22(23-21-14-8-3-9-15-21)20(16-18-10-4-1-5-11-18)17-19-12-6-2-7-13-19/h1-15,20H,16-17H2,(H,23,24). The third-order valence-corrected chi connectivity index (χ3v) is 4.06. The van der Waals surface area contributed by atoms with E-state index in [4.69, 9.17) is 0 Å². The number of carbonyl (C=O) groups is 1. The summed E-state index contributed by atoms with van der Waals surface area (Å²) in [6.45, 7) is 0. The molecule has 0 spiro atoms. The Hall–Kier alpha value is -2.87. The molecule has 3 rings (SSSR count). The average Bonchev–Trinajstić information content (AvgIpc) is 2.64. The Morgan fingerprint density at radius 2 is 1.08 bits per heavy atom. The van der Waals surface area contributed by atoms with Crippen LogP contribution in [0.4, 0.5) is 5.69 Å². The van der Waals surface area contributed by atoms with Crippen LogP contribution in [0.25, 0.3) is 0 Å². The molecule has 0 unspecified atom stereocenters. The summed E-state index contributed by atoms with van der Waals surface area (Å²) >= 11 is 0. The number of anilines is 1. The SMILES string of the molecule is O=C(Nc1ccccc1)C(Cc1ccccc1)Cc1ccccc1. The predicted molar refractivity (Wildman–Crippen MR) is 98.9 cm³/mol. The molecule has 0 saturated carbocycles. The molecular weight excluding hydrogens is 294 g/mol. The zero-order valence-corrected chi connectivity index (χ0v) is 13.6. The third-order valence-electron chi connectivity index (χ3n) is 4.06. The molecule has 0 aliphatic heterocycles. The number of para-hydroxylation sites is 1. The van der Waals surface area contributed by atoms with Gasteiger partial charge in [0.1, 0.15) is 0 Å². The summed E-state index contributed by atoms with van der Waals surface area (Å²) in [6.07, 6.45) is 1.46. The van der Waals surface area contributed by atoms with E-state index in [1.807, 2.05) is 66.7 Å². The molecule has 0 bridgehead atoms. The molecule has 2 nitrogen and oxygen atoms in total. The van der Waals surface area contributed by atoms with Gasteiger partial charge >= 0.3 is 0 Å². The van der Waals surface area contributed by atoms with Gasteiger partial charge in [-0.2, -0.15) is 0 Å². The van der Waals surface area contributed by atoms with Gasteiger partial charge in [0.25, 0.3) is 0 Å². The lowest BCUT2D eigenvalue weighted by molar-refractivity contribution is -0.119. The lowest BCUT2D eigenvalue weighted by atomic mass is 9.91. The van der Waals surface area contributed by atoms with Crippen molar-refractivity contribution < 1.29 is 4.79 Å². The fourth-order valence-electron chi connectivity index (χ4n) is 2.82. The highest BCUT2D eigenvalue weighted by molar-refractivity contribution is 5.92. The van der Waals surface area contributed by atoms with Gasteiger partial charge in [-0.3, -0.25) is 4.79 Å². The van der Waals surface area contributed by atoms with Crippen LogP contribution >= 0.6 is 0 Å². The van der Waals surface area contributed by atoms with Gasteiger partial charge in [-0.15, -0.1) is 0 Å². The van der Waals surface area contributed by atoms with E-state index >= 15 is 0 Å². The second-order valence-electron chi connectivity index (χ2n) is 5.93. The molecule has 0 radical (unpaired) electrons. The number of nitrogens with one attached hydrogen (secondary N) is 1. The zero-order valence-electron chi connectivity index (χ0n) is 13.6. The van der Waals surface area contributed by atoms with E-state index in [1.54, 1.807) is 0 Å². The van der Waals surface area contributed by atoms with E-state index in [0.29, 0.717) is 0 Å². The second kappa shape index (κ2) is 8.11. The Morgan fingerprint density at radius 1 is 0.667 bits per heavy atom. The molecule has 1 N–H and O–H groups in total. The van der Waals surface area contributed by atoms with Crippen LogP contribution in [0.1, 0.15) is 11.1 Å². The maximum atomic E-state index is 12.8. The average molecular weight is 315 g/mol. The summed E-state index contributed by atoms with van der Waals surface area (Å²) < 4.78 is 0. The van der Waals surface area contributed by atoms with Crippen LogP contribution in [0.3, 0.4) is 0 Å². The van der Waals surface area contributed by atoms with Gasteiger partial charge in [0.05, 0.1) is 0 Å². The lowest BCUT2D eigenvalue weighted by Gasteiger charge is -2.17. The minimum absolute atomic E-state index is 0.0638. The quantitative estimate of drug-likeness (QED) is 0.700. The molecule has 0 aromatic heterocycles. The van der Waals surface area contributed by atoms with Gasteiger partial charge < -0.3 is 5.32 Å². The number of hydrogen-bond donors (Lipinski definition) is 1. The molecule has 2 heteroatoms. The summed E-state index contributed by atoms with van der Waals surface area (Å²) in [4.78, 5) is 12.8. The lowest BCUT2D eigenvalue weighted by Crippen LogP contribution is -2.26. The zero-order chi connectivity index (χ0) is 16.6. The van der Waals surface area contributed by atoms with Crippen LogP contribution in [-0.4, -0.2) is 5.91 Å². The van der Waals surface area contributed by atoms with E-state index in [2.05, 4.69) is 29.6 Å². The van der Waals surface area contributed by atoms with Crippen molar-refractivity contribution in [1.29, 1.82) is 0 Å². The maximum absolute atomic E-state index is 12.8. The van der Waals surface area contributed by atoms with Crippen molar-refractivity contribution in [1.82, 2.24) is 0 Å². The van der Waals surface area contributed by atoms with Crippen LogP contribution in [-0.2, 0) is 17.6 Å². The van der Waals surface area contributed by atoms with E-state index < -0.39 is 0 Å². The van der Waals surface area contributed by atoms with Crippen molar-refractivity contribution in [3.05, 3.63) is 102 Å². The number of benzene rings is 3. The first-order chi connectivity index (χ1) is 11.8. The molecule has 0 saturated heterocycles.